The van der Waals surface area contributed by atoms with E-state index in [0.29, 0.717) is 19.6 Å². The van der Waals surface area contributed by atoms with Crippen LogP contribution in [0.3, 0.4) is 0 Å². The molecule has 6 heteroatoms. The first kappa shape index (κ1) is 24.0. The molecule has 2 aliphatic rings. The first-order chi connectivity index (χ1) is 15.7. The van der Waals surface area contributed by atoms with Crippen LogP contribution in [0.2, 0.25) is 0 Å². The van der Waals surface area contributed by atoms with E-state index in [9.17, 15) is 9.59 Å². The Balaban J connectivity index is 1.54. The van der Waals surface area contributed by atoms with Gasteiger partial charge in [-0.25, -0.2) is 0 Å². The molecule has 5 nitrogen and oxygen atoms in total. The second-order valence-corrected chi connectivity index (χ2v) is 11.4. The Morgan fingerprint density at radius 2 is 1.67 bits per heavy atom. The van der Waals surface area contributed by atoms with Crippen molar-refractivity contribution < 1.29 is 9.59 Å². The Kier molecular flexibility index (Phi) is 6.96. The average molecular weight is 468 g/mol. The minimum atomic E-state index is -0.390. The molecule has 4 rings (SSSR count). The van der Waals surface area contributed by atoms with Gasteiger partial charge < -0.3 is 9.80 Å². The predicted molar refractivity (Wildman–Crippen MR) is 134 cm³/mol. The van der Waals surface area contributed by atoms with Gasteiger partial charge in [0.1, 0.15) is 0 Å². The summed E-state index contributed by atoms with van der Waals surface area (Å²) in [5, 5.41) is 2.18. The molecule has 2 aliphatic heterocycles. The predicted octanol–water partition coefficient (Wildman–Crippen LogP) is 4.50. The van der Waals surface area contributed by atoms with E-state index < -0.39 is 0 Å². The molecule has 1 aromatic heterocycles. The van der Waals surface area contributed by atoms with Gasteiger partial charge in [-0.15, -0.1) is 11.3 Å². The molecule has 3 heterocycles. The molecule has 1 fully saturated rings. The van der Waals surface area contributed by atoms with Crippen LogP contribution in [-0.2, 0) is 16.0 Å². The minimum absolute atomic E-state index is 0.103. The number of hydrogen-bond donors (Lipinski definition) is 0. The number of carbonyl (C=O) groups excluding carboxylic acids is 2. The van der Waals surface area contributed by atoms with E-state index in [2.05, 4.69) is 54.5 Å². The number of nitrogens with zero attached hydrogens (tertiary/aromatic N) is 3. The largest absolute Gasteiger partial charge is 0.340 e. The Hall–Kier alpha value is -2.18. The first-order valence-electron chi connectivity index (χ1n) is 12.1. The molecular weight excluding hydrogens is 430 g/mol. The highest BCUT2D eigenvalue weighted by molar-refractivity contribution is 7.10. The van der Waals surface area contributed by atoms with Crippen molar-refractivity contribution in [1.29, 1.82) is 0 Å². The van der Waals surface area contributed by atoms with Crippen molar-refractivity contribution in [2.45, 2.75) is 59.5 Å². The van der Waals surface area contributed by atoms with Crippen molar-refractivity contribution in [2.75, 3.05) is 32.7 Å². The Labute approximate surface area is 202 Å². The molecule has 0 N–H and O–H groups in total. The first-order valence-corrected chi connectivity index (χ1v) is 13.0. The van der Waals surface area contributed by atoms with Gasteiger partial charge in [0.2, 0.25) is 11.8 Å². The fourth-order valence-electron chi connectivity index (χ4n) is 5.21. The van der Waals surface area contributed by atoms with Crippen LogP contribution in [0, 0.1) is 12.3 Å². The smallest absolute Gasteiger partial charge is 0.239 e. The van der Waals surface area contributed by atoms with Gasteiger partial charge in [0.15, 0.2) is 0 Å². The minimum Gasteiger partial charge on any atom is -0.340 e. The van der Waals surface area contributed by atoms with Crippen molar-refractivity contribution >= 4 is 23.2 Å². The Bertz CT molecular complexity index is 1010. The summed E-state index contributed by atoms with van der Waals surface area (Å²) in [6.07, 6.45) is 1.82. The van der Waals surface area contributed by atoms with Gasteiger partial charge in [-0.05, 0) is 54.8 Å². The molecule has 2 atom stereocenters. The molecular formula is C27H37N3O2S. The van der Waals surface area contributed by atoms with Crippen LogP contribution in [0.25, 0.3) is 0 Å². The Morgan fingerprint density at radius 1 is 0.970 bits per heavy atom. The van der Waals surface area contributed by atoms with Gasteiger partial charge in [0, 0.05) is 43.0 Å². The lowest BCUT2D eigenvalue weighted by atomic mass is 9.89. The molecule has 1 saturated heterocycles. The number of thiophene rings is 1. The van der Waals surface area contributed by atoms with Crippen LogP contribution in [0.5, 0.6) is 0 Å². The highest BCUT2D eigenvalue weighted by atomic mass is 32.1. The lowest BCUT2D eigenvalue weighted by Gasteiger charge is -2.41. The molecule has 0 bridgehead atoms. The van der Waals surface area contributed by atoms with Crippen LogP contribution in [0.1, 0.15) is 61.7 Å². The van der Waals surface area contributed by atoms with E-state index in [-0.39, 0.29) is 29.3 Å². The third-order valence-corrected chi connectivity index (χ3v) is 8.07. The summed E-state index contributed by atoms with van der Waals surface area (Å²) in [5.74, 6) is 0.350. The fraction of sp³-hybridized carbons (Fsp3) is 0.556. The van der Waals surface area contributed by atoms with E-state index in [1.165, 1.54) is 21.6 Å². The fourth-order valence-corrected chi connectivity index (χ4v) is 6.12. The third-order valence-electron chi connectivity index (χ3n) is 7.08. The zero-order valence-corrected chi connectivity index (χ0v) is 21.5. The molecule has 0 saturated carbocycles. The topological polar surface area (TPSA) is 43.9 Å². The molecule has 0 radical (unpaired) electrons. The summed E-state index contributed by atoms with van der Waals surface area (Å²) in [6.45, 7) is 13.7. The second-order valence-electron chi connectivity index (χ2n) is 10.4. The van der Waals surface area contributed by atoms with E-state index in [4.69, 9.17) is 0 Å². The SMILES string of the molecule is Cc1ccccc1C1c2ccsc2CCN1C(C)C(=O)N1CCCN(C(=O)C(C)(C)C)CC1. The molecule has 2 unspecified atom stereocenters. The highest BCUT2D eigenvalue weighted by Crippen LogP contribution is 2.40. The van der Waals surface area contributed by atoms with Crippen molar-refractivity contribution in [3.63, 3.8) is 0 Å². The van der Waals surface area contributed by atoms with Crippen LogP contribution >= 0.6 is 11.3 Å². The maximum atomic E-state index is 13.7. The van der Waals surface area contributed by atoms with E-state index >= 15 is 0 Å². The van der Waals surface area contributed by atoms with Crippen molar-refractivity contribution in [2.24, 2.45) is 5.41 Å². The highest BCUT2D eigenvalue weighted by Gasteiger charge is 2.38. The number of rotatable bonds is 3. The van der Waals surface area contributed by atoms with E-state index in [0.717, 1.165) is 25.9 Å². The van der Waals surface area contributed by atoms with Crippen LogP contribution in [-0.4, -0.2) is 65.3 Å². The molecule has 2 amide bonds. The summed E-state index contributed by atoms with van der Waals surface area (Å²) in [6, 6.07) is 10.7. The normalized spacial score (nSPS) is 20.8. The van der Waals surface area contributed by atoms with Gasteiger partial charge in [-0.2, -0.15) is 0 Å². The zero-order chi connectivity index (χ0) is 23.8. The van der Waals surface area contributed by atoms with Crippen LogP contribution in [0.4, 0.5) is 0 Å². The van der Waals surface area contributed by atoms with Gasteiger partial charge >= 0.3 is 0 Å². The van der Waals surface area contributed by atoms with Crippen LogP contribution in [0.15, 0.2) is 35.7 Å². The standard InChI is InChI=1S/C27H37N3O2S/c1-19-9-6-7-10-21(19)24-22-12-18-33-23(22)11-15-30(24)20(2)25(31)28-13-8-14-29(17-16-28)26(32)27(3,4)5/h6-7,9-10,12,18,20,24H,8,11,13-17H2,1-5H3. The summed E-state index contributed by atoms with van der Waals surface area (Å²) >= 11 is 1.83. The molecule has 178 valence electrons. The summed E-state index contributed by atoms with van der Waals surface area (Å²) in [4.78, 5) is 34.2. The molecule has 2 aromatic rings. The van der Waals surface area contributed by atoms with Gasteiger partial charge in [-0.3, -0.25) is 14.5 Å². The van der Waals surface area contributed by atoms with Gasteiger partial charge in [0.25, 0.3) is 0 Å². The maximum Gasteiger partial charge on any atom is 0.239 e. The van der Waals surface area contributed by atoms with Gasteiger partial charge in [0.05, 0.1) is 12.1 Å². The van der Waals surface area contributed by atoms with Crippen LogP contribution < -0.4 is 0 Å². The third kappa shape index (κ3) is 4.87. The number of aryl methyl sites for hydroxylation is 1. The molecule has 0 aliphatic carbocycles. The lowest BCUT2D eigenvalue weighted by molar-refractivity contribution is -0.140. The molecule has 33 heavy (non-hydrogen) atoms. The zero-order valence-electron chi connectivity index (χ0n) is 20.6. The maximum absolute atomic E-state index is 13.7. The summed E-state index contributed by atoms with van der Waals surface area (Å²) < 4.78 is 0. The Morgan fingerprint density at radius 3 is 2.39 bits per heavy atom. The van der Waals surface area contributed by atoms with E-state index in [1.807, 2.05) is 41.9 Å². The average Bonchev–Trinajstić information content (AvgIpc) is 3.13. The lowest BCUT2D eigenvalue weighted by Crippen LogP contribution is -2.51. The number of hydrogen-bond acceptors (Lipinski definition) is 4. The number of amides is 2. The summed E-state index contributed by atoms with van der Waals surface area (Å²) in [5.41, 5.74) is 3.50. The number of fused-ring (bicyclic) bond motifs is 1. The second kappa shape index (κ2) is 9.59. The molecule has 1 aromatic carbocycles. The summed E-state index contributed by atoms with van der Waals surface area (Å²) in [7, 11) is 0. The van der Waals surface area contributed by atoms with Crippen molar-refractivity contribution in [3.05, 3.63) is 57.3 Å². The van der Waals surface area contributed by atoms with Crippen molar-refractivity contribution in [3.8, 4) is 0 Å². The molecule has 0 spiro atoms. The van der Waals surface area contributed by atoms with Gasteiger partial charge in [-0.1, -0.05) is 45.0 Å². The van der Waals surface area contributed by atoms with E-state index in [1.54, 1.807) is 0 Å². The number of benzene rings is 1. The number of carbonyl (C=O) groups is 2. The monoisotopic (exact) mass is 467 g/mol. The quantitative estimate of drug-likeness (QED) is 0.668. The van der Waals surface area contributed by atoms with Crippen molar-refractivity contribution in [1.82, 2.24) is 14.7 Å².